The van der Waals surface area contributed by atoms with Crippen LogP contribution in [0.5, 0.6) is 5.75 Å². The highest BCUT2D eigenvalue weighted by Crippen LogP contribution is 2.35. The van der Waals surface area contributed by atoms with Crippen LogP contribution in [0.4, 0.5) is 0 Å². The lowest BCUT2D eigenvalue weighted by Gasteiger charge is -2.26. The first kappa shape index (κ1) is 22.5. The summed E-state index contributed by atoms with van der Waals surface area (Å²) in [4.78, 5) is 0. The van der Waals surface area contributed by atoms with Crippen molar-refractivity contribution in [1.82, 2.24) is 0 Å². The largest absolute Gasteiger partial charge is 0.494 e. The second kappa shape index (κ2) is 12.5. The van der Waals surface area contributed by atoms with Gasteiger partial charge >= 0.3 is 0 Å². The van der Waals surface area contributed by atoms with Gasteiger partial charge in [-0.25, -0.2) is 0 Å². The molecule has 0 bridgehead atoms. The Morgan fingerprint density at radius 1 is 0.800 bits per heavy atom. The number of aryl methyl sites for hydroxylation is 1. The third-order valence-corrected chi connectivity index (χ3v) is 6.33. The van der Waals surface area contributed by atoms with E-state index in [0.29, 0.717) is 18.4 Å². The normalized spacial score (nSPS) is 18.5. The first-order valence-electron chi connectivity index (χ1n) is 12.1. The van der Waals surface area contributed by atoms with Crippen molar-refractivity contribution in [3.05, 3.63) is 65.2 Å². The fraction of sp³-hybridized carbons (Fsp3) is 0.517. The maximum absolute atomic E-state index is 5.50. The molecule has 0 heterocycles. The van der Waals surface area contributed by atoms with Gasteiger partial charge in [0.05, 0.1) is 6.61 Å². The molecule has 1 saturated carbocycles. The number of ether oxygens (including phenoxy) is 1. The quantitative estimate of drug-likeness (QED) is 0.306. The highest BCUT2D eigenvalue weighted by atomic mass is 16.5. The average molecular weight is 403 g/mol. The molecule has 0 N–H and O–H groups in total. The van der Waals surface area contributed by atoms with Crippen molar-refractivity contribution in [2.45, 2.75) is 84.0 Å². The third kappa shape index (κ3) is 7.24. The Labute approximate surface area is 184 Å². The van der Waals surface area contributed by atoms with E-state index in [1.165, 1.54) is 75.3 Å². The van der Waals surface area contributed by atoms with Gasteiger partial charge in [-0.3, -0.25) is 0 Å². The van der Waals surface area contributed by atoms with Gasteiger partial charge < -0.3 is 4.74 Å². The smallest absolute Gasteiger partial charge is 0.119 e. The van der Waals surface area contributed by atoms with E-state index in [4.69, 9.17) is 4.74 Å². The summed E-state index contributed by atoms with van der Waals surface area (Å²) in [7, 11) is 0. The molecule has 3 rings (SSSR count). The maximum Gasteiger partial charge on any atom is 0.119 e. The summed E-state index contributed by atoms with van der Waals surface area (Å²) in [6, 6.07) is 17.7. The van der Waals surface area contributed by atoms with Crippen LogP contribution >= 0.6 is 0 Å². The van der Waals surface area contributed by atoms with Gasteiger partial charge in [0.25, 0.3) is 0 Å². The second-order valence-electron chi connectivity index (χ2n) is 8.68. The SMILES string of the molecule is CCCCCCCc1ccc(C2CCC(C#Cc3ccc(OCC)cc3)CC2)cc1. The van der Waals surface area contributed by atoms with E-state index in [1.54, 1.807) is 0 Å². The summed E-state index contributed by atoms with van der Waals surface area (Å²) in [6.07, 6.45) is 13.0. The summed E-state index contributed by atoms with van der Waals surface area (Å²) in [6.45, 7) is 4.99. The molecule has 0 amide bonds. The Balaban J connectivity index is 1.43. The van der Waals surface area contributed by atoms with Crippen LogP contribution in [0.1, 0.15) is 94.2 Å². The van der Waals surface area contributed by atoms with Crippen LogP contribution in [0.15, 0.2) is 48.5 Å². The molecule has 1 aliphatic rings. The highest BCUT2D eigenvalue weighted by molar-refractivity contribution is 5.38. The van der Waals surface area contributed by atoms with Crippen molar-refractivity contribution in [3.63, 3.8) is 0 Å². The third-order valence-electron chi connectivity index (χ3n) is 6.33. The fourth-order valence-electron chi connectivity index (χ4n) is 4.45. The van der Waals surface area contributed by atoms with Gasteiger partial charge in [0.2, 0.25) is 0 Å². The van der Waals surface area contributed by atoms with Crippen LogP contribution in [0, 0.1) is 17.8 Å². The molecule has 30 heavy (non-hydrogen) atoms. The first-order valence-corrected chi connectivity index (χ1v) is 12.1. The van der Waals surface area contributed by atoms with Crippen molar-refractivity contribution in [1.29, 1.82) is 0 Å². The van der Waals surface area contributed by atoms with Crippen molar-refractivity contribution < 1.29 is 4.74 Å². The van der Waals surface area contributed by atoms with Crippen LogP contribution in [0.3, 0.4) is 0 Å². The zero-order valence-electron chi connectivity index (χ0n) is 19.0. The van der Waals surface area contributed by atoms with E-state index in [1.807, 2.05) is 19.1 Å². The van der Waals surface area contributed by atoms with Crippen LogP contribution in [-0.2, 0) is 6.42 Å². The van der Waals surface area contributed by atoms with Gasteiger partial charge in [0, 0.05) is 11.5 Å². The number of unbranched alkanes of at least 4 members (excludes halogenated alkanes) is 4. The van der Waals surface area contributed by atoms with Gasteiger partial charge in [-0.2, -0.15) is 0 Å². The second-order valence-corrected chi connectivity index (χ2v) is 8.68. The monoisotopic (exact) mass is 402 g/mol. The minimum atomic E-state index is 0.537. The topological polar surface area (TPSA) is 9.23 Å². The lowest BCUT2D eigenvalue weighted by Crippen LogP contribution is -2.12. The van der Waals surface area contributed by atoms with E-state index in [9.17, 15) is 0 Å². The van der Waals surface area contributed by atoms with Crippen LogP contribution in [0.25, 0.3) is 0 Å². The Hall–Kier alpha value is -2.20. The fourth-order valence-corrected chi connectivity index (χ4v) is 4.45. The molecule has 2 aromatic carbocycles. The summed E-state index contributed by atoms with van der Waals surface area (Å²) in [5.41, 5.74) is 4.12. The van der Waals surface area contributed by atoms with E-state index >= 15 is 0 Å². The van der Waals surface area contributed by atoms with Crippen LogP contribution < -0.4 is 4.74 Å². The number of hydrogen-bond donors (Lipinski definition) is 0. The molecular formula is C29H38O. The Kier molecular flexibility index (Phi) is 9.36. The number of benzene rings is 2. The molecule has 0 atom stereocenters. The van der Waals surface area contributed by atoms with Crippen molar-refractivity contribution in [2.24, 2.45) is 5.92 Å². The molecule has 0 aliphatic heterocycles. The Morgan fingerprint density at radius 3 is 2.17 bits per heavy atom. The van der Waals surface area contributed by atoms with E-state index in [-0.39, 0.29) is 0 Å². The molecular weight excluding hydrogens is 364 g/mol. The van der Waals surface area contributed by atoms with E-state index in [2.05, 4.69) is 55.2 Å². The molecule has 1 heteroatoms. The predicted molar refractivity (Wildman–Crippen MR) is 128 cm³/mol. The molecule has 0 saturated heterocycles. The van der Waals surface area contributed by atoms with E-state index < -0.39 is 0 Å². The van der Waals surface area contributed by atoms with Crippen molar-refractivity contribution >= 4 is 0 Å². The van der Waals surface area contributed by atoms with Crippen molar-refractivity contribution in [3.8, 4) is 17.6 Å². The number of hydrogen-bond acceptors (Lipinski definition) is 1. The zero-order valence-corrected chi connectivity index (χ0v) is 19.0. The van der Waals surface area contributed by atoms with Gasteiger partial charge in [0.1, 0.15) is 5.75 Å². The standard InChI is InChI=1S/C29H38O/c1-3-5-6-7-8-9-24-12-18-27(19-13-24)28-20-14-25(15-21-28)10-11-26-16-22-29(23-17-26)30-4-2/h12-13,16-19,22-23,25,28H,3-9,14-15,20-21H2,1-2H3. The summed E-state index contributed by atoms with van der Waals surface area (Å²) in [5.74, 6) is 9.06. The highest BCUT2D eigenvalue weighted by Gasteiger charge is 2.21. The molecule has 0 spiro atoms. The Morgan fingerprint density at radius 2 is 1.50 bits per heavy atom. The van der Waals surface area contributed by atoms with Gasteiger partial charge in [-0.15, -0.1) is 0 Å². The maximum atomic E-state index is 5.50. The molecule has 1 aliphatic carbocycles. The molecule has 0 radical (unpaired) electrons. The molecule has 0 unspecified atom stereocenters. The summed E-state index contributed by atoms with van der Waals surface area (Å²) < 4.78 is 5.50. The minimum absolute atomic E-state index is 0.537. The first-order chi connectivity index (χ1) is 14.8. The van der Waals surface area contributed by atoms with Crippen LogP contribution in [-0.4, -0.2) is 6.61 Å². The molecule has 0 aromatic heterocycles. The van der Waals surface area contributed by atoms with Gasteiger partial charge in [0.15, 0.2) is 0 Å². The zero-order chi connectivity index (χ0) is 21.0. The molecule has 1 fully saturated rings. The van der Waals surface area contributed by atoms with Gasteiger partial charge in [-0.05, 0) is 86.8 Å². The summed E-state index contributed by atoms with van der Waals surface area (Å²) in [5, 5.41) is 0. The summed E-state index contributed by atoms with van der Waals surface area (Å²) >= 11 is 0. The molecule has 2 aromatic rings. The van der Waals surface area contributed by atoms with Crippen LogP contribution in [0.2, 0.25) is 0 Å². The van der Waals surface area contributed by atoms with E-state index in [0.717, 1.165) is 11.3 Å². The van der Waals surface area contributed by atoms with Gasteiger partial charge in [-0.1, -0.05) is 68.7 Å². The molecule has 160 valence electrons. The molecule has 1 nitrogen and oxygen atoms in total. The number of rotatable bonds is 9. The average Bonchev–Trinajstić information content (AvgIpc) is 2.79. The van der Waals surface area contributed by atoms with Crippen molar-refractivity contribution in [2.75, 3.05) is 6.61 Å². The lowest BCUT2D eigenvalue weighted by atomic mass is 9.78. The minimum Gasteiger partial charge on any atom is -0.494 e. The predicted octanol–water partition coefficient (Wildman–Crippen LogP) is 7.92. The Bertz CT molecular complexity index is 783. The lowest BCUT2D eigenvalue weighted by molar-refractivity contribution is 0.340.